The lowest BCUT2D eigenvalue weighted by atomic mass is 9.96. The van der Waals surface area contributed by atoms with Crippen molar-refractivity contribution in [2.24, 2.45) is 10.7 Å². The van der Waals surface area contributed by atoms with Gasteiger partial charge in [0.05, 0.1) is 41.2 Å². The molecule has 2 aliphatic rings. The standard InChI is InChI=1S/C22H27N5O3/c1-13(2)30-22(29)26-12-14(3)27(15(4)28)21-7-16(9-23)19(8-20(21)26)17(10-24)11-25-18-5-6-18/h7-8,10-11,13-14,18H,5-6,12,24H2,1-4H3/t14-/m0/s1. The zero-order valence-corrected chi connectivity index (χ0v) is 17.8. The van der Waals surface area contributed by atoms with Crippen molar-refractivity contribution in [3.8, 4) is 6.07 Å². The second-order valence-corrected chi connectivity index (χ2v) is 7.91. The minimum absolute atomic E-state index is 0.165. The number of rotatable bonds is 4. The van der Waals surface area contributed by atoms with Crippen molar-refractivity contribution in [2.75, 3.05) is 16.3 Å². The van der Waals surface area contributed by atoms with Gasteiger partial charge in [-0.05, 0) is 45.7 Å². The Labute approximate surface area is 176 Å². The molecule has 1 aliphatic heterocycles. The number of nitrogens with zero attached hydrogens (tertiary/aromatic N) is 4. The molecule has 1 saturated carbocycles. The van der Waals surface area contributed by atoms with E-state index < -0.39 is 6.09 Å². The Morgan fingerprint density at radius 3 is 2.57 bits per heavy atom. The highest BCUT2D eigenvalue weighted by atomic mass is 16.6. The molecule has 1 heterocycles. The molecule has 1 aliphatic carbocycles. The molecule has 2 amide bonds. The van der Waals surface area contributed by atoms with E-state index in [1.807, 2.05) is 6.92 Å². The zero-order chi connectivity index (χ0) is 22.0. The van der Waals surface area contributed by atoms with E-state index in [9.17, 15) is 14.9 Å². The highest BCUT2D eigenvalue weighted by Crippen LogP contribution is 2.40. The summed E-state index contributed by atoms with van der Waals surface area (Å²) in [4.78, 5) is 32.7. The van der Waals surface area contributed by atoms with Crippen LogP contribution in [0.5, 0.6) is 0 Å². The summed E-state index contributed by atoms with van der Waals surface area (Å²) in [6, 6.07) is 5.56. The van der Waals surface area contributed by atoms with E-state index in [1.165, 1.54) is 18.0 Å². The van der Waals surface area contributed by atoms with Gasteiger partial charge in [-0.3, -0.25) is 14.7 Å². The first kappa shape index (κ1) is 21.4. The van der Waals surface area contributed by atoms with Gasteiger partial charge in [-0.2, -0.15) is 5.26 Å². The highest BCUT2D eigenvalue weighted by molar-refractivity contribution is 6.12. The Morgan fingerprint density at radius 2 is 2.03 bits per heavy atom. The largest absolute Gasteiger partial charge is 0.446 e. The van der Waals surface area contributed by atoms with Crippen LogP contribution < -0.4 is 15.5 Å². The van der Waals surface area contributed by atoms with Crippen molar-refractivity contribution < 1.29 is 14.3 Å². The van der Waals surface area contributed by atoms with Gasteiger partial charge in [0, 0.05) is 37.0 Å². The van der Waals surface area contributed by atoms with E-state index in [4.69, 9.17) is 10.5 Å². The van der Waals surface area contributed by atoms with Crippen molar-refractivity contribution in [1.29, 1.82) is 5.26 Å². The molecule has 8 nitrogen and oxygen atoms in total. The molecule has 0 aromatic heterocycles. The second kappa shape index (κ2) is 8.57. The number of nitriles is 1. The van der Waals surface area contributed by atoms with Crippen LogP contribution in [0.15, 0.2) is 23.3 Å². The van der Waals surface area contributed by atoms with Gasteiger partial charge in [-0.1, -0.05) is 0 Å². The SMILES string of the molecule is CC(=O)N1c2cc(C#N)c(C(C=NC3CC3)=CN)cc2N(C(=O)OC(C)C)C[C@@H]1C. The maximum absolute atomic E-state index is 12.8. The van der Waals surface area contributed by atoms with Crippen LogP contribution in [0.2, 0.25) is 0 Å². The fraction of sp³-hybridized carbons (Fsp3) is 0.455. The normalized spacial score (nSPS) is 19.1. The van der Waals surface area contributed by atoms with E-state index in [-0.39, 0.29) is 24.6 Å². The van der Waals surface area contributed by atoms with Crippen molar-refractivity contribution in [3.63, 3.8) is 0 Å². The molecule has 2 N–H and O–H groups in total. The highest BCUT2D eigenvalue weighted by Gasteiger charge is 2.35. The quantitative estimate of drug-likeness (QED) is 0.768. The second-order valence-electron chi connectivity index (χ2n) is 7.91. The van der Waals surface area contributed by atoms with Crippen LogP contribution in [0.25, 0.3) is 5.57 Å². The third kappa shape index (κ3) is 4.30. The molecule has 158 valence electrons. The Morgan fingerprint density at radius 1 is 1.33 bits per heavy atom. The molecule has 0 spiro atoms. The van der Waals surface area contributed by atoms with Crippen molar-refractivity contribution in [2.45, 2.75) is 58.7 Å². The number of benzene rings is 1. The molecule has 1 atom stereocenters. The lowest BCUT2D eigenvalue weighted by Gasteiger charge is -2.40. The third-order valence-corrected chi connectivity index (χ3v) is 5.03. The van der Waals surface area contributed by atoms with Crippen LogP contribution in [-0.4, -0.2) is 42.9 Å². The number of allylic oxidation sites excluding steroid dienone is 1. The van der Waals surface area contributed by atoms with Crippen LogP contribution in [-0.2, 0) is 9.53 Å². The first-order valence-electron chi connectivity index (χ1n) is 10.1. The van der Waals surface area contributed by atoms with Gasteiger partial charge in [0.2, 0.25) is 5.91 Å². The maximum atomic E-state index is 12.8. The molecule has 30 heavy (non-hydrogen) atoms. The minimum atomic E-state index is -0.498. The topological polar surface area (TPSA) is 112 Å². The monoisotopic (exact) mass is 409 g/mol. The fourth-order valence-corrected chi connectivity index (χ4v) is 3.53. The van der Waals surface area contributed by atoms with E-state index in [0.29, 0.717) is 34.1 Å². The molecule has 1 aromatic rings. The number of anilines is 2. The number of hydrogen-bond donors (Lipinski definition) is 1. The lowest BCUT2D eigenvalue weighted by molar-refractivity contribution is -0.117. The Hall–Kier alpha value is -3.34. The summed E-state index contributed by atoms with van der Waals surface area (Å²) < 4.78 is 5.41. The summed E-state index contributed by atoms with van der Waals surface area (Å²) in [5.41, 5.74) is 8.34. The molecule has 0 unspecified atom stereocenters. The molecule has 0 bridgehead atoms. The average Bonchev–Trinajstić information content (AvgIpc) is 3.50. The van der Waals surface area contributed by atoms with Gasteiger partial charge >= 0.3 is 6.09 Å². The number of aliphatic imine (C=N–C) groups is 1. The van der Waals surface area contributed by atoms with Crippen LogP contribution in [0.1, 0.15) is 51.7 Å². The Kier molecular flexibility index (Phi) is 6.11. The van der Waals surface area contributed by atoms with Gasteiger partial charge in [0.15, 0.2) is 0 Å². The zero-order valence-electron chi connectivity index (χ0n) is 17.8. The smallest absolute Gasteiger partial charge is 0.414 e. The molecular weight excluding hydrogens is 382 g/mol. The van der Waals surface area contributed by atoms with Gasteiger partial charge < -0.3 is 15.4 Å². The minimum Gasteiger partial charge on any atom is -0.446 e. The number of carbonyl (C=O) groups is 2. The fourth-order valence-electron chi connectivity index (χ4n) is 3.53. The van der Waals surface area contributed by atoms with Crippen LogP contribution in [0, 0.1) is 11.3 Å². The predicted molar refractivity (Wildman–Crippen MR) is 116 cm³/mol. The summed E-state index contributed by atoms with van der Waals surface area (Å²) >= 11 is 0. The van der Waals surface area contributed by atoms with E-state index in [2.05, 4.69) is 11.1 Å². The van der Waals surface area contributed by atoms with Crippen molar-refractivity contribution >= 4 is 35.2 Å². The number of fused-ring (bicyclic) bond motifs is 1. The summed E-state index contributed by atoms with van der Waals surface area (Å²) in [5.74, 6) is -0.165. The van der Waals surface area contributed by atoms with E-state index in [0.717, 1.165) is 12.8 Å². The molecule has 0 saturated heterocycles. The lowest BCUT2D eigenvalue weighted by Crippen LogP contribution is -2.51. The van der Waals surface area contributed by atoms with E-state index in [1.54, 1.807) is 37.1 Å². The average molecular weight is 409 g/mol. The first-order valence-corrected chi connectivity index (χ1v) is 10.1. The summed E-state index contributed by atoms with van der Waals surface area (Å²) in [5, 5.41) is 9.77. The predicted octanol–water partition coefficient (Wildman–Crippen LogP) is 3.20. The van der Waals surface area contributed by atoms with Crippen molar-refractivity contribution in [1.82, 2.24) is 0 Å². The van der Waals surface area contributed by atoms with Crippen LogP contribution >= 0.6 is 0 Å². The number of hydrogen-bond acceptors (Lipinski definition) is 6. The Balaban J connectivity index is 2.15. The molecule has 1 aromatic carbocycles. The van der Waals surface area contributed by atoms with Crippen LogP contribution in [0.4, 0.5) is 16.2 Å². The van der Waals surface area contributed by atoms with Gasteiger partial charge in [0.1, 0.15) is 0 Å². The number of nitrogens with two attached hydrogens (primary N) is 1. The Bertz CT molecular complexity index is 956. The first-order chi connectivity index (χ1) is 14.3. The molecule has 1 fully saturated rings. The molecule has 0 radical (unpaired) electrons. The van der Waals surface area contributed by atoms with Gasteiger partial charge in [-0.15, -0.1) is 0 Å². The maximum Gasteiger partial charge on any atom is 0.414 e. The third-order valence-electron chi connectivity index (χ3n) is 5.03. The summed E-state index contributed by atoms with van der Waals surface area (Å²) in [6.07, 6.45) is 4.38. The number of carbonyl (C=O) groups excluding carboxylic acids is 2. The number of ether oxygens (including phenoxy) is 1. The summed E-state index contributed by atoms with van der Waals surface area (Å²) in [6.45, 7) is 7.16. The molecule has 8 heteroatoms. The molecule has 3 rings (SSSR count). The van der Waals surface area contributed by atoms with E-state index >= 15 is 0 Å². The van der Waals surface area contributed by atoms with Gasteiger partial charge in [-0.25, -0.2) is 4.79 Å². The van der Waals surface area contributed by atoms with Gasteiger partial charge in [0.25, 0.3) is 0 Å². The number of amides is 2. The van der Waals surface area contributed by atoms with Crippen molar-refractivity contribution in [3.05, 3.63) is 29.5 Å². The van der Waals surface area contributed by atoms with Crippen LogP contribution in [0.3, 0.4) is 0 Å². The molecular formula is C22H27N5O3. The summed E-state index contributed by atoms with van der Waals surface area (Å²) in [7, 11) is 0.